The molecule has 5 aromatic heterocycles. The number of hydrogen-bond acceptors (Lipinski definition) is 12. The van der Waals surface area contributed by atoms with Gasteiger partial charge in [-0.1, -0.05) is 25.0 Å². The topological polar surface area (TPSA) is 159 Å². The van der Waals surface area contributed by atoms with E-state index in [9.17, 15) is 8.42 Å². The average molecular weight is 672 g/mol. The molecular formula is C34H37N7O4S2. The number of nitrogens with zero attached hydrogens (tertiary/aromatic N) is 5. The molecule has 2 aliphatic heterocycles. The summed E-state index contributed by atoms with van der Waals surface area (Å²) in [5, 5.41) is 12.9. The van der Waals surface area contributed by atoms with Crippen molar-refractivity contribution in [2.45, 2.75) is 69.2 Å². The molecule has 47 heavy (non-hydrogen) atoms. The van der Waals surface area contributed by atoms with E-state index in [1.165, 1.54) is 16.9 Å². The molecule has 8 rings (SSSR count). The number of rotatable bonds is 8. The first-order chi connectivity index (χ1) is 22.8. The van der Waals surface area contributed by atoms with Crippen molar-refractivity contribution < 1.29 is 17.6 Å². The molecule has 0 aromatic carbocycles. The summed E-state index contributed by atoms with van der Waals surface area (Å²) < 4.78 is 40.7. The van der Waals surface area contributed by atoms with Crippen LogP contribution in [0.15, 0.2) is 46.0 Å². The standard InChI is InChI=1S/C34H37N7O4S2/c1-18(2)22-17-47(42,43)31-28(27(33-40-41-34(35)45-33)25(38-29(22)31)6-5-19-10-14-44-15-11-19)26-16-20-9-13-37-32(30(20)46-26)39-24-8-7-23-21(24)4-3-12-36-23/h3-4,9,12-13,16,18-19,22,24H,5-8,10-11,14-15,17H2,1-2H3,(H2,35,41)(H,37,39)/t22-,24-/m1/s1. The number of thiophene rings is 1. The van der Waals surface area contributed by atoms with Crippen LogP contribution in [0.25, 0.3) is 32.0 Å². The lowest BCUT2D eigenvalue weighted by Crippen LogP contribution is -2.17. The summed E-state index contributed by atoms with van der Waals surface area (Å²) in [4.78, 5) is 15.5. The summed E-state index contributed by atoms with van der Waals surface area (Å²) in [6.07, 6.45) is 8.98. The largest absolute Gasteiger partial charge is 0.403 e. The molecule has 1 saturated heterocycles. The molecule has 1 fully saturated rings. The lowest BCUT2D eigenvalue weighted by molar-refractivity contribution is 0.0639. The van der Waals surface area contributed by atoms with Gasteiger partial charge in [0.15, 0.2) is 9.84 Å². The van der Waals surface area contributed by atoms with Crippen molar-refractivity contribution in [1.29, 1.82) is 0 Å². The van der Waals surface area contributed by atoms with E-state index in [1.807, 2.05) is 18.3 Å². The number of sulfone groups is 1. The van der Waals surface area contributed by atoms with Crippen LogP contribution in [0.4, 0.5) is 11.8 Å². The zero-order valence-corrected chi connectivity index (χ0v) is 28.0. The SMILES string of the molecule is CC(C)[C@H]1CS(=O)(=O)c2c1nc(CCC1CCOCC1)c(-c1nnc(N)o1)c2-c1cc2ccnc(N[C@@H]3CCc4ncccc43)c2s1. The average Bonchev–Trinajstić information content (AvgIpc) is 3.85. The molecule has 1 aliphatic carbocycles. The van der Waals surface area contributed by atoms with Crippen molar-refractivity contribution in [3.8, 4) is 21.9 Å². The van der Waals surface area contributed by atoms with Crippen LogP contribution in [0.2, 0.25) is 0 Å². The normalized spacial score (nSPS) is 20.6. The van der Waals surface area contributed by atoms with Crippen LogP contribution in [0.5, 0.6) is 0 Å². The molecule has 0 unspecified atom stereocenters. The summed E-state index contributed by atoms with van der Waals surface area (Å²) >= 11 is 1.52. The molecule has 0 radical (unpaired) electrons. The van der Waals surface area contributed by atoms with Crippen molar-refractivity contribution >= 4 is 43.1 Å². The molecule has 7 heterocycles. The van der Waals surface area contributed by atoms with E-state index in [-0.39, 0.29) is 40.4 Å². The molecule has 2 atom stereocenters. The van der Waals surface area contributed by atoms with E-state index >= 15 is 0 Å². The Bertz CT molecular complexity index is 2090. The van der Waals surface area contributed by atoms with Gasteiger partial charge in [-0.25, -0.2) is 13.4 Å². The first-order valence-corrected chi connectivity index (χ1v) is 18.8. The lowest BCUT2D eigenvalue weighted by Gasteiger charge is -2.23. The van der Waals surface area contributed by atoms with E-state index in [2.05, 4.69) is 46.5 Å². The molecule has 244 valence electrons. The van der Waals surface area contributed by atoms with Crippen LogP contribution < -0.4 is 11.1 Å². The van der Waals surface area contributed by atoms with Crippen LogP contribution in [0.3, 0.4) is 0 Å². The van der Waals surface area contributed by atoms with Crippen molar-refractivity contribution in [2.75, 3.05) is 30.0 Å². The van der Waals surface area contributed by atoms with E-state index in [1.54, 1.807) is 6.20 Å². The predicted molar refractivity (Wildman–Crippen MR) is 181 cm³/mol. The third-order valence-corrected chi connectivity index (χ3v) is 12.9. The minimum absolute atomic E-state index is 0.0171. The smallest absolute Gasteiger partial charge is 0.313 e. The molecule has 5 aromatic rings. The van der Waals surface area contributed by atoms with Crippen molar-refractivity contribution in [1.82, 2.24) is 25.1 Å². The zero-order chi connectivity index (χ0) is 32.3. The maximum absolute atomic E-state index is 14.1. The second-order valence-electron chi connectivity index (χ2n) is 13.2. The van der Waals surface area contributed by atoms with Gasteiger partial charge in [0.05, 0.1) is 38.3 Å². The molecular weight excluding hydrogens is 635 g/mol. The number of hydrogen-bond donors (Lipinski definition) is 2. The summed E-state index contributed by atoms with van der Waals surface area (Å²) in [7, 11) is -3.69. The molecule has 0 bridgehead atoms. The number of fused-ring (bicyclic) bond motifs is 3. The van der Waals surface area contributed by atoms with Gasteiger partial charge < -0.3 is 20.2 Å². The van der Waals surface area contributed by atoms with Crippen molar-refractivity contribution in [2.24, 2.45) is 11.8 Å². The van der Waals surface area contributed by atoms with Gasteiger partial charge in [-0.2, -0.15) is 0 Å². The maximum atomic E-state index is 14.1. The molecule has 0 spiro atoms. The van der Waals surface area contributed by atoms with Gasteiger partial charge in [0.2, 0.25) is 0 Å². The first kappa shape index (κ1) is 30.4. The van der Waals surface area contributed by atoms with Crippen LogP contribution in [-0.4, -0.2) is 52.5 Å². The highest BCUT2D eigenvalue weighted by Crippen LogP contribution is 2.51. The summed E-state index contributed by atoms with van der Waals surface area (Å²) in [6, 6.07) is 8.12. The summed E-state index contributed by atoms with van der Waals surface area (Å²) in [6.45, 7) is 5.63. The Hall–Kier alpha value is -3.94. The van der Waals surface area contributed by atoms with E-state index in [0.29, 0.717) is 29.2 Å². The first-order valence-electron chi connectivity index (χ1n) is 16.3. The molecule has 0 saturated carbocycles. The van der Waals surface area contributed by atoms with Gasteiger partial charge in [-0.05, 0) is 79.5 Å². The number of aromatic nitrogens is 5. The number of aryl methyl sites for hydroxylation is 2. The van der Waals surface area contributed by atoms with Crippen LogP contribution in [0, 0.1) is 11.8 Å². The van der Waals surface area contributed by atoms with Crippen LogP contribution >= 0.6 is 11.3 Å². The fourth-order valence-electron chi connectivity index (χ4n) is 7.39. The Labute approximate surface area is 277 Å². The number of ether oxygens (including phenoxy) is 1. The third kappa shape index (κ3) is 5.47. The van der Waals surface area contributed by atoms with Gasteiger partial charge in [-0.3, -0.25) is 9.97 Å². The molecule has 3 aliphatic rings. The van der Waals surface area contributed by atoms with E-state index in [0.717, 1.165) is 77.5 Å². The van der Waals surface area contributed by atoms with E-state index in [4.69, 9.17) is 24.9 Å². The highest BCUT2D eigenvalue weighted by molar-refractivity contribution is 7.92. The highest BCUT2D eigenvalue weighted by Gasteiger charge is 2.43. The Kier molecular flexibility index (Phi) is 7.72. The number of nitrogens with one attached hydrogen (secondary N) is 1. The van der Waals surface area contributed by atoms with Crippen LogP contribution in [0.1, 0.15) is 74.1 Å². The number of pyridine rings is 3. The Morgan fingerprint density at radius 3 is 2.72 bits per heavy atom. The number of nitrogens with two attached hydrogens (primary N) is 1. The minimum Gasteiger partial charge on any atom is -0.403 e. The summed E-state index contributed by atoms with van der Waals surface area (Å²) in [5.41, 5.74) is 10.8. The Morgan fingerprint density at radius 2 is 1.94 bits per heavy atom. The lowest BCUT2D eigenvalue weighted by atomic mass is 9.89. The van der Waals surface area contributed by atoms with Crippen molar-refractivity contribution in [3.63, 3.8) is 0 Å². The molecule has 0 amide bonds. The summed E-state index contributed by atoms with van der Waals surface area (Å²) in [5.74, 6) is 1.32. The third-order valence-electron chi connectivity index (χ3n) is 9.87. The van der Waals surface area contributed by atoms with Gasteiger partial charge in [0, 0.05) is 47.7 Å². The quantitative estimate of drug-likeness (QED) is 0.189. The fraction of sp³-hybridized carbons (Fsp3) is 0.441. The number of anilines is 2. The van der Waals surface area contributed by atoms with E-state index < -0.39 is 9.84 Å². The molecule has 13 heteroatoms. The molecule has 11 nitrogen and oxygen atoms in total. The predicted octanol–water partition coefficient (Wildman–Crippen LogP) is 6.37. The van der Waals surface area contributed by atoms with Crippen LogP contribution in [-0.2, 0) is 27.4 Å². The van der Waals surface area contributed by atoms with Gasteiger partial charge in [0.1, 0.15) is 5.82 Å². The zero-order valence-electron chi connectivity index (χ0n) is 26.4. The highest BCUT2D eigenvalue weighted by atomic mass is 32.2. The minimum atomic E-state index is -3.69. The second-order valence-corrected chi connectivity index (χ2v) is 16.2. The van der Waals surface area contributed by atoms with Crippen molar-refractivity contribution in [3.05, 3.63) is 59.3 Å². The Balaban J connectivity index is 1.31. The molecule has 3 N–H and O–H groups in total. The second kappa shape index (κ2) is 11.9. The van der Waals surface area contributed by atoms with Gasteiger partial charge >= 0.3 is 6.01 Å². The number of nitrogen functional groups attached to an aromatic ring is 1. The monoisotopic (exact) mass is 671 g/mol. The Morgan fingerprint density at radius 1 is 1.09 bits per heavy atom. The van der Waals surface area contributed by atoms with Gasteiger partial charge in [-0.15, -0.1) is 16.4 Å². The fourth-order valence-corrected chi connectivity index (χ4v) is 10.8. The maximum Gasteiger partial charge on any atom is 0.313 e. The van der Waals surface area contributed by atoms with Gasteiger partial charge in [0.25, 0.3) is 5.89 Å².